The zero-order valence-electron chi connectivity index (χ0n) is 9.47. The molecule has 1 aromatic rings. The summed E-state index contributed by atoms with van der Waals surface area (Å²) in [5, 5.41) is 5.65. The second-order valence-electron chi connectivity index (χ2n) is 4.28. The van der Waals surface area contributed by atoms with E-state index in [1.807, 2.05) is 0 Å². The van der Waals surface area contributed by atoms with Crippen molar-refractivity contribution in [2.45, 2.75) is 31.8 Å². The summed E-state index contributed by atoms with van der Waals surface area (Å²) in [6.07, 6.45) is 2.03. The first kappa shape index (κ1) is 11.8. The zero-order chi connectivity index (χ0) is 12.4. The number of hydrogen-bond donors (Lipinski definition) is 2. The largest absolute Gasteiger partial charge is 0.374 e. The molecule has 0 bridgehead atoms. The Morgan fingerprint density at radius 2 is 2.06 bits per heavy atom. The summed E-state index contributed by atoms with van der Waals surface area (Å²) in [5.41, 5.74) is 0.391. The van der Waals surface area contributed by atoms with Gasteiger partial charge in [0.05, 0.1) is 0 Å². The fourth-order valence-corrected chi connectivity index (χ4v) is 1.46. The number of halogens is 2. The maximum Gasteiger partial charge on any atom is 0.242 e. The van der Waals surface area contributed by atoms with E-state index in [0.29, 0.717) is 5.69 Å². The lowest BCUT2D eigenvalue weighted by Gasteiger charge is -2.15. The van der Waals surface area contributed by atoms with E-state index in [-0.39, 0.29) is 11.9 Å². The number of hydrogen-bond acceptors (Lipinski definition) is 2. The first-order valence-corrected chi connectivity index (χ1v) is 5.58. The SMILES string of the molecule is CC(Nc1ccc(F)c(F)c1)C(=O)NC1CC1. The normalized spacial score (nSPS) is 16.4. The smallest absolute Gasteiger partial charge is 0.242 e. The molecule has 0 aliphatic heterocycles. The molecule has 92 valence electrons. The number of carbonyl (C=O) groups excluding carboxylic acids is 1. The molecule has 1 unspecified atom stereocenters. The highest BCUT2D eigenvalue weighted by Crippen LogP contribution is 2.19. The van der Waals surface area contributed by atoms with Crippen LogP contribution in [0.5, 0.6) is 0 Å². The maximum atomic E-state index is 12.9. The second kappa shape index (κ2) is 4.69. The molecule has 1 saturated carbocycles. The molecule has 1 aliphatic carbocycles. The van der Waals surface area contributed by atoms with Crippen molar-refractivity contribution in [2.24, 2.45) is 0 Å². The van der Waals surface area contributed by atoms with Crippen LogP contribution in [-0.2, 0) is 4.79 Å². The average molecular weight is 240 g/mol. The van der Waals surface area contributed by atoms with E-state index < -0.39 is 17.7 Å². The molecular formula is C12H14F2N2O. The molecule has 2 rings (SSSR count). The summed E-state index contributed by atoms with van der Waals surface area (Å²) in [6.45, 7) is 1.68. The van der Waals surface area contributed by atoms with Crippen LogP contribution in [0.4, 0.5) is 14.5 Å². The van der Waals surface area contributed by atoms with E-state index in [1.54, 1.807) is 6.92 Å². The summed E-state index contributed by atoms with van der Waals surface area (Å²) < 4.78 is 25.6. The molecule has 1 fully saturated rings. The molecule has 17 heavy (non-hydrogen) atoms. The molecule has 0 saturated heterocycles. The van der Waals surface area contributed by atoms with Crippen LogP contribution in [0.15, 0.2) is 18.2 Å². The number of nitrogens with one attached hydrogen (secondary N) is 2. The highest BCUT2D eigenvalue weighted by molar-refractivity contribution is 5.84. The quantitative estimate of drug-likeness (QED) is 0.845. The Morgan fingerprint density at radius 1 is 1.35 bits per heavy atom. The van der Waals surface area contributed by atoms with Gasteiger partial charge in [-0.1, -0.05) is 0 Å². The van der Waals surface area contributed by atoms with Gasteiger partial charge in [-0.05, 0) is 31.9 Å². The van der Waals surface area contributed by atoms with Crippen molar-refractivity contribution in [1.82, 2.24) is 5.32 Å². The Hall–Kier alpha value is -1.65. The van der Waals surface area contributed by atoms with Crippen LogP contribution in [0.3, 0.4) is 0 Å². The average Bonchev–Trinajstić information content (AvgIpc) is 3.07. The van der Waals surface area contributed by atoms with Crippen LogP contribution in [0.25, 0.3) is 0 Å². The van der Waals surface area contributed by atoms with Gasteiger partial charge in [-0.15, -0.1) is 0 Å². The molecule has 1 aliphatic rings. The number of amides is 1. The number of rotatable bonds is 4. The third-order valence-electron chi connectivity index (χ3n) is 2.62. The Kier molecular flexibility index (Phi) is 3.26. The van der Waals surface area contributed by atoms with Gasteiger partial charge in [0.15, 0.2) is 11.6 Å². The van der Waals surface area contributed by atoms with E-state index >= 15 is 0 Å². The van der Waals surface area contributed by atoms with Gasteiger partial charge in [-0.2, -0.15) is 0 Å². The van der Waals surface area contributed by atoms with Crippen molar-refractivity contribution >= 4 is 11.6 Å². The highest BCUT2D eigenvalue weighted by atomic mass is 19.2. The third kappa shape index (κ3) is 3.15. The lowest BCUT2D eigenvalue weighted by Crippen LogP contribution is -2.38. The summed E-state index contributed by atoms with van der Waals surface area (Å²) >= 11 is 0. The Balaban J connectivity index is 1.94. The van der Waals surface area contributed by atoms with Crippen LogP contribution in [-0.4, -0.2) is 18.0 Å². The topological polar surface area (TPSA) is 41.1 Å². The zero-order valence-corrected chi connectivity index (χ0v) is 9.47. The molecule has 0 spiro atoms. The minimum absolute atomic E-state index is 0.128. The monoisotopic (exact) mass is 240 g/mol. The van der Waals surface area contributed by atoms with Crippen LogP contribution in [0.2, 0.25) is 0 Å². The Morgan fingerprint density at radius 3 is 2.65 bits per heavy atom. The van der Waals surface area contributed by atoms with E-state index in [4.69, 9.17) is 0 Å². The van der Waals surface area contributed by atoms with Crippen LogP contribution >= 0.6 is 0 Å². The van der Waals surface area contributed by atoms with Crippen molar-refractivity contribution in [1.29, 1.82) is 0 Å². The molecule has 0 radical (unpaired) electrons. The van der Waals surface area contributed by atoms with Gasteiger partial charge in [-0.3, -0.25) is 4.79 Å². The third-order valence-corrected chi connectivity index (χ3v) is 2.62. The van der Waals surface area contributed by atoms with Crippen molar-refractivity contribution in [3.05, 3.63) is 29.8 Å². The van der Waals surface area contributed by atoms with E-state index in [1.165, 1.54) is 6.07 Å². The summed E-state index contributed by atoms with van der Waals surface area (Å²) in [4.78, 5) is 11.6. The highest BCUT2D eigenvalue weighted by Gasteiger charge is 2.25. The lowest BCUT2D eigenvalue weighted by atomic mass is 10.2. The molecule has 2 N–H and O–H groups in total. The van der Waals surface area contributed by atoms with E-state index in [9.17, 15) is 13.6 Å². The molecule has 1 aromatic carbocycles. The van der Waals surface area contributed by atoms with Gasteiger partial charge in [-0.25, -0.2) is 8.78 Å². The van der Waals surface area contributed by atoms with Crippen molar-refractivity contribution in [2.75, 3.05) is 5.32 Å². The second-order valence-corrected chi connectivity index (χ2v) is 4.28. The molecule has 5 heteroatoms. The molecule has 0 aromatic heterocycles. The fourth-order valence-electron chi connectivity index (χ4n) is 1.46. The van der Waals surface area contributed by atoms with Crippen LogP contribution in [0.1, 0.15) is 19.8 Å². The van der Waals surface area contributed by atoms with Gasteiger partial charge in [0, 0.05) is 17.8 Å². The van der Waals surface area contributed by atoms with Gasteiger partial charge in [0.25, 0.3) is 0 Å². The van der Waals surface area contributed by atoms with Crippen LogP contribution in [0, 0.1) is 11.6 Å². The fraction of sp³-hybridized carbons (Fsp3) is 0.417. The summed E-state index contributed by atoms with van der Waals surface area (Å²) in [7, 11) is 0. The lowest BCUT2D eigenvalue weighted by molar-refractivity contribution is -0.121. The first-order valence-electron chi connectivity index (χ1n) is 5.58. The van der Waals surface area contributed by atoms with Crippen molar-refractivity contribution < 1.29 is 13.6 Å². The van der Waals surface area contributed by atoms with Gasteiger partial charge < -0.3 is 10.6 Å². The van der Waals surface area contributed by atoms with Gasteiger partial charge >= 0.3 is 0 Å². The summed E-state index contributed by atoms with van der Waals surface area (Å²) in [6, 6.07) is 3.29. The van der Waals surface area contributed by atoms with E-state index in [2.05, 4.69) is 10.6 Å². The molecule has 1 amide bonds. The van der Waals surface area contributed by atoms with Crippen molar-refractivity contribution in [3.8, 4) is 0 Å². The molecular weight excluding hydrogens is 226 g/mol. The van der Waals surface area contributed by atoms with Gasteiger partial charge in [0.1, 0.15) is 6.04 Å². The first-order chi connectivity index (χ1) is 8.06. The van der Waals surface area contributed by atoms with Gasteiger partial charge in [0.2, 0.25) is 5.91 Å². The summed E-state index contributed by atoms with van der Waals surface area (Å²) in [5.74, 6) is -1.95. The predicted molar refractivity (Wildman–Crippen MR) is 60.6 cm³/mol. The minimum atomic E-state index is -0.926. The molecule has 1 atom stereocenters. The Labute approximate surface area is 98.2 Å². The Bertz CT molecular complexity index is 433. The minimum Gasteiger partial charge on any atom is -0.374 e. The molecule has 3 nitrogen and oxygen atoms in total. The number of benzene rings is 1. The number of carbonyl (C=O) groups is 1. The van der Waals surface area contributed by atoms with E-state index in [0.717, 1.165) is 25.0 Å². The molecule has 0 heterocycles. The standard InChI is InChI=1S/C12H14F2N2O/c1-7(12(17)16-8-2-3-8)15-9-4-5-10(13)11(14)6-9/h4-8,15H,2-3H2,1H3,(H,16,17). The predicted octanol–water partition coefficient (Wildman–Crippen LogP) is 2.04. The number of anilines is 1. The van der Waals surface area contributed by atoms with Crippen LogP contribution < -0.4 is 10.6 Å². The van der Waals surface area contributed by atoms with Crippen molar-refractivity contribution in [3.63, 3.8) is 0 Å². The maximum absolute atomic E-state index is 12.9.